The second-order valence-corrected chi connectivity index (χ2v) is 12.4. The molecule has 6 rings (SSSR count). The first-order valence-electron chi connectivity index (χ1n) is 14.8. The predicted octanol–water partition coefficient (Wildman–Crippen LogP) is 4.81. The highest BCUT2D eigenvalue weighted by Gasteiger charge is 2.43. The number of nitrogens with one attached hydrogen (secondary N) is 3. The van der Waals surface area contributed by atoms with Gasteiger partial charge in [0.15, 0.2) is 0 Å². The van der Waals surface area contributed by atoms with Crippen LogP contribution in [-0.2, 0) is 12.1 Å². The van der Waals surface area contributed by atoms with Gasteiger partial charge in [-0.1, -0.05) is 50.5 Å². The van der Waals surface area contributed by atoms with Crippen LogP contribution in [0.2, 0.25) is 0 Å². The Bertz CT molecular complexity index is 1550. The maximum absolute atomic E-state index is 12.8. The number of fused-ring (bicyclic) bond motifs is 2. The van der Waals surface area contributed by atoms with Gasteiger partial charge < -0.3 is 26.2 Å². The Morgan fingerprint density at radius 2 is 1.95 bits per heavy atom. The van der Waals surface area contributed by atoms with Crippen molar-refractivity contribution in [3.8, 4) is 11.1 Å². The summed E-state index contributed by atoms with van der Waals surface area (Å²) in [5, 5.41) is 35.8. The number of aromatic nitrogens is 4. The Morgan fingerprint density at radius 1 is 1.14 bits per heavy atom. The number of hydrogen-bond donors (Lipinski definition) is 5. The van der Waals surface area contributed by atoms with Crippen LogP contribution in [0.4, 0.5) is 17.5 Å². The molecule has 3 aliphatic rings. The first kappa shape index (κ1) is 28.1. The normalized spacial score (nSPS) is 22.7. The molecule has 0 bridgehead atoms. The van der Waals surface area contributed by atoms with Gasteiger partial charge in [0, 0.05) is 34.8 Å². The van der Waals surface area contributed by atoms with Crippen molar-refractivity contribution in [3.63, 3.8) is 0 Å². The summed E-state index contributed by atoms with van der Waals surface area (Å²) < 4.78 is 1.69. The molecule has 3 aromatic rings. The molecule has 5 N–H and O–H groups in total. The number of aliphatic hydroxyl groups excluding tert-OH is 1. The standard InChI is InChI=1S/C32H39N7O3/c1-4-31(13-9-6-10-26(31)40)37-27-24(21-17-34-39(19-21)20-30(2,3)42)18-33-29(36-27)35-22-11-12-23-25(16-22)32(38-28(23)41)14-7-5-8-15-32/h6,9-13,16-19,26,40,42H,4-5,7-8,14-15,20H2,1-3H3,(H,38,41)(H2,33,35,36,37)/t26?,31-/m0/s1. The fourth-order valence-electron chi connectivity index (χ4n) is 6.40. The lowest BCUT2D eigenvalue weighted by Gasteiger charge is -2.36. The SMILES string of the molecule is CC[C@]1(Nc2nc(Nc3ccc4c(c3)C3(CCCCC3)NC4=O)ncc2-c2cnn(CC(C)(C)O)c2)C=CC=CC1O. The lowest BCUT2D eigenvalue weighted by atomic mass is 9.77. The number of amides is 1. The molecule has 42 heavy (non-hydrogen) atoms. The summed E-state index contributed by atoms with van der Waals surface area (Å²) in [6.07, 6.45) is 17.9. The topological polar surface area (TPSA) is 137 Å². The lowest BCUT2D eigenvalue weighted by Crippen LogP contribution is -2.47. The average Bonchev–Trinajstić information content (AvgIpc) is 3.51. The molecule has 0 saturated heterocycles. The lowest BCUT2D eigenvalue weighted by molar-refractivity contribution is 0.0577. The summed E-state index contributed by atoms with van der Waals surface area (Å²) >= 11 is 0. The number of hydrogen-bond acceptors (Lipinski definition) is 8. The van der Waals surface area contributed by atoms with Crippen LogP contribution in [0.1, 0.15) is 75.2 Å². The molecular weight excluding hydrogens is 530 g/mol. The number of allylic oxidation sites excluding steroid dienone is 2. The molecule has 2 aliphatic carbocycles. The first-order chi connectivity index (χ1) is 20.1. The average molecular weight is 570 g/mol. The van der Waals surface area contributed by atoms with Crippen molar-refractivity contribution in [2.45, 2.75) is 88.6 Å². The van der Waals surface area contributed by atoms with Crippen molar-refractivity contribution >= 4 is 23.4 Å². The number of benzene rings is 1. The van der Waals surface area contributed by atoms with E-state index in [0.717, 1.165) is 53.6 Å². The molecule has 1 fully saturated rings. The second kappa shape index (κ2) is 10.7. The molecule has 3 heterocycles. The van der Waals surface area contributed by atoms with Gasteiger partial charge in [0.05, 0.1) is 35.5 Å². The quantitative estimate of drug-likeness (QED) is 0.261. The van der Waals surface area contributed by atoms with Gasteiger partial charge in [-0.25, -0.2) is 4.98 Å². The van der Waals surface area contributed by atoms with E-state index in [4.69, 9.17) is 4.98 Å². The summed E-state index contributed by atoms with van der Waals surface area (Å²) in [5.74, 6) is 0.919. The van der Waals surface area contributed by atoms with E-state index < -0.39 is 17.2 Å². The predicted molar refractivity (Wildman–Crippen MR) is 162 cm³/mol. The van der Waals surface area contributed by atoms with E-state index in [1.807, 2.05) is 43.5 Å². The van der Waals surface area contributed by atoms with Crippen LogP contribution < -0.4 is 16.0 Å². The smallest absolute Gasteiger partial charge is 0.252 e. The first-order valence-corrected chi connectivity index (χ1v) is 14.8. The molecule has 1 saturated carbocycles. The highest BCUT2D eigenvalue weighted by Crippen LogP contribution is 2.43. The molecule has 1 aliphatic heterocycles. The van der Waals surface area contributed by atoms with E-state index in [-0.39, 0.29) is 11.4 Å². The number of carbonyl (C=O) groups excluding carboxylic acids is 1. The monoisotopic (exact) mass is 569 g/mol. The second-order valence-electron chi connectivity index (χ2n) is 12.4. The molecule has 10 heteroatoms. The highest BCUT2D eigenvalue weighted by molar-refractivity contribution is 6.00. The van der Waals surface area contributed by atoms with Gasteiger partial charge in [0.1, 0.15) is 5.82 Å². The van der Waals surface area contributed by atoms with Crippen LogP contribution in [0.3, 0.4) is 0 Å². The van der Waals surface area contributed by atoms with Crippen LogP contribution in [0.25, 0.3) is 11.1 Å². The molecular formula is C32H39N7O3. The Morgan fingerprint density at radius 3 is 2.69 bits per heavy atom. The van der Waals surface area contributed by atoms with Crippen molar-refractivity contribution < 1.29 is 15.0 Å². The summed E-state index contributed by atoms with van der Waals surface area (Å²) in [5.41, 5.74) is 2.10. The fraction of sp³-hybridized carbons (Fsp3) is 0.438. The molecule has 1 spiro atoms. The summed E-state index contributed by atoms with van der Waals surface area (Å²) in [4.78, 5) is 22.3. The zero-order valence-corrected chi connectivity index (χ0v) is 24.4. The van der Waals surface area contributed by atoms with E-state index in [1.54, 1.807) is 37.0 Å². The maximum atomic E-state index is 12.8. The Labute approximate surface area is 246 Å². The van der Waals surface area contributed by atoms with Gasteiger partial charge in [-0.15, -0.1) is 0 Å². The zero-order valence-electron chi connectivity index (χ0n) is 24.4. The van der Waals surface area contributed by atoms with Crippen molar-refractivity contribution in [1.29, 1.82) is 0 Å². The van der Waals surface area contributed by atoms with Crippen molar-refractivity contribution in [1.82, 2.24) is 25.1 Å². The molecule has 2 aromatic heterocycles. The van der Waals surface area contributed by atoms with Gasteiger partial charge in [-0.2, -0.15) is 10.1 Å². The Balaban J connectivity index is 1.35. The van der Waals surface area contributed by atoms with Crippen LogP contribution in [-0.4, -0.2) is 53.1 Å². The third-order valence-electron chi connectivity index (χ3n) is 8.64. The largest absolute Gasteiger partial charge is 0.389 e. The van der Waals surface area contributed by atoms with E-state index in [0.29, 0.717) is 24.7 Å². The minimum Gasteiger partial charge on any atom is -0.389 e. The third kappa shape index (κ3) is 5.32. The van der Waals surface area contributed by atoms with Gasteiger partial charge >= 0.3 is 0 Å². The maximum Gasteiger partial charge on any atom is 0.252 e. The van der Waals surface area contributed by atoms with Crippen LogP contribution >= 0.6 is 0 Å². The van der Waals surface area contributed by atoms with E-state index >= 15 is 0 Å². The highest BCUT2D eigenvalue weighted by atomic mass is 16.3. The van der Waals surface area contributed by atoms with Crippen molar-refractivity contribution in [2.75, 3.05) is 10.6 Å². The molecule has 2 atom stereocenters. The van der Waals surface area contributed by atoms with E-state index in [9.17, 15) is 15.0 Å². The molecule has 1 unspecified atom stereocenters. The molecule has 10 nitrogen and oxygen atoms in total. The van der Waals surface area contributed by atoms with Gasteiger partial charge in [-0.3, -0.25) is 9.48 Å². The summed E-state index contributed by atoms with van der Waals surface area (Å²) in [7, 11) is 0. The third-order valence-corrected chi connectivity index (χ3v) is 8.64. The number of carbonyl (C=O) groups is 1. The van der Waals surface area contributed by atoms with Gasteiger partial charge in [-0.05, 0) is 56.9 Å². The molecule has 0 radical (unpaired) electrons. The number of aliphatic hydroxyl groups is 2. The number of anilines is 3. The van der Waals surface area contributed by atoms with Gasteiger partial charge in [0.25, 0.3) is 5.91 Å². The Hall–Kier alpha value is -4.02. The Kier molecular flexibility index (Phi) is 7.14. The molecule has 1 amide bonds. The summed E-state index contributed by atoms with van der Waals surface area (Å²) in [6.45, 7) is 5.82. The van der Waals surface area contributed by atoms with Crippen molar-refractivity contribution in [3.05, 3.63) is 72.2 Å². The van der Waals surface area contributed by atoms with E-state index in [1.165, 1.54) is 6.42 Å². The minimum absolute atomic E-state index is 0.00585. The van der Waals surface area contributed by atoms with Crippen LogP contribution in [0.15, 0.2) is 61.1 Å². The van der Waals surface area contributed by atoms with Crippen LogP contribution in [0.5, 0.6) is 0 Å². The fourth-order valence-corrected chi connectivity index (χ4v) is 6.40. The van der Waals surface area contributed by atoms with Gasteiger partial charge in [0.2, 0.25) is 5.95 Å². The van der Waals surface area contributed by atoms with Crippen molar-refractivity contribution in [2.24, 2.45) is 0 Å². The number of nitrogens with zero attached hydrogens (tertiary/aromatic N) is 4. The summed E-state index contributed by atoms with van der Waals surface area (Å²) in [6, 6.07) is 5.81. The number of rotatable bonds is 8. The van der Waals surface area contributed by atoms with Crippen LogP contribution in [0, 0.1) is 0 Å². The molecule has 220 valence electrons. The van der Waals surface area contributed by atoms with E-state index in [2.05, 4.69) is 32.1 Å². The zero-order chi connectivity index (χ0) is 29.5. The minimum atomic E-state index is -0.920. The molecule has 1 aromatic carbocycles.